The lowest BCUT2D eigenvalue weighted by Gasteiger charge is -2.17. The number of nitrogens with two attached hydrogens (primary N) is 2. The first-order valence-electron chi connectivity index (χ1n) is 10.9. The van der Waals surface area contributed by atoms with Crippen molar-refractivity contribution in [3.63, 3.8) is 0 Å². The first-order valence-corrected chi connectivity index (χ1v) is 12.5. The molecule has 2 aliphatic heterocycles. The maximum Gasteiger partial charge on any atom is 0.288 e. The molecule has 0 radical (unpaired) electrons. The SMILES string of the molecule is NS(=O)(=O)c1ccc(CC[NH2+]C2CC(=O)N(Cc3ccc(N4CCCC4=O)cc3)C2=O)cc1. The third-order valence-corrected chi connectivity index (χ3v) is 7.01. The van der Waals surface area contributed by atoms with Crippen LogP contribution in [0.3, 0.4) is 0 Å². The molecule has 0 aliphatic carbocycles. The number of nitrogens with zero attached hydrogens (tertiary/aromatic N) is 2. The van der Waals surface area contributed by atoms with Crippen LogP contribution in [-0.2, 0) is 37.4 Å². The molecule has 0 aromatic heterocycles. The minimum absolute atomic E-state index is 0.0579. The minimum Gasteiger partial charge on any atom is -0.335 e. The van der Waals surface area contributed by atoms with Crippen LogP contribution in [0.4, 0.5) is 5.69 Å². The number of anilines is 1. The number of carbonyl (C=O) groups excluding carboxylic acids is 3. The van der Waals surface area contributed by atoms with Gasteiger partial charge in [0.15, 0.2) is 6.04 Å². The van der Waals surface area contributed by atoms with Gasteiger partial charge in [-0.25, -0.2) is 13.6 Å². The van der Waals surface area contributed by atoms with E-state index in [1.54, 1.807) is 17.0 Å². The largest absolute Gasteiger partial charge is 0.335 e. The number of rotatable bonds is 8. The first kappa shape index (κ1) is 23.1. The van der Waals surface area contributed by atoms with Crippen LogP contribution < -0.4 is 15.4 Å². The van der Waals surface area contributed by atoms with Gasteiger partial charge in [0.2, 0.25) is 21.8 Å². The monoisotopic (exact) mass is 471 g/mol. The van der Waals surface area contributed by atoms with Crippen molar-refractivity contribution in [2.75, 3.05) is 18.0 Å². The fourth-order valence-electron chi connectivity index (χ4n) is 4.24. The maximum atomic E-state index is 12.8. The van der Waals surface area contributed by atoms with Crippen LogP contribution in [0.25, 0.3) is 0 Å². The highest BCUT2D eigenvalue weighted by Crippen LogP contribution is 2.23. The summed E-state index contributed by atoms with van der Waals surface area (Å²) in [6.07, 6.45) is 2.20. The molecular formula is C23H27N4O5S+. The summed E-state index contributed by atoms with van der Waals surface area (Å²) < 4.78 is 22.7. The molecule has 2 saturated heterocycles. The molecule has 0 bridgehead atoms. The van der Waals surface area contributed by atoms with Crippen LogP contribution in [0.5, 0.6) is 0 Å². The Morgan fingerprint density at radius 3 is 2.21 bits per heavy atom. The van der Waals surface area contributed by atoms with Crippen molar-refractivity contribution in [1.29, 1.82) is 0 Å². The summed E-state index contributed by atoms with van der Waals surface area (Å²) in [5.41, 5.74) is 2.59. The Labute approximate surface area is 192 Å². The number of likely N-dealkylation sites (tertiary alicyclic amines) is 1. The van der Waals surface area contributed by atoms with Crippen molar-refractivity contribution < 1.29 is 28.1 Å². The minimum atomic E-state index is -3.72. The number of quaternary nitrogens is 1. The summed E-state index contributed by atoms with van der Waals surface area (Å²) in [5.74, 6) is -0.285. The summed E-state index contributed by atoms with van der Waals surface area (Å²) in [7, 11) is -3.72. The second kappa shape index (κ2) is 9.42. The summed E-state index contributed by atoms with van der Waals surface area (Å²) in [6, 6.07) is 13.3. The molecule has 4 N–H and O–H groups in total. The Hall–Kier alpha value is -3.08. The number of sulfonamides is 1. The van der Waals surface area contributed by atoms with Crippen LogP contribution in [0.2, 0.25) is 0 Å². The molecule has 3 amide bonds. The van der Waals surface area contributed by atoms with Gasteiger partial charge in [-0.1, -0.05) is 24.3 Å². The van der Waals surface area contributed by atoms with Gasteiger partial charge in [0.1, 0.15) is 0 Å². The zero-order valence-corrected chi connectivity index (χ0v) is 19.0. The van der Waals surface area contributed by atoms with E-state index in [1.165, 1.54) is 17.0 Å². The zero-order valence-electron chi connectivity index (χ0n) is 18.1. The molecule has 1 atom stereocenters. The lowest BCUT2D eigenvalue weighted by molar-refractivity contribution is -0.674. The average molecular weight is 472 g/mol. The quantitative estimate of drug-likeness (QED) is 0.518. The Kier molecular flexibility index (Phi) is 6.59. The molecule has 174 valence electrons. The van der Waals surface area contributed by atoms with Crippen molar-refractivity contribution in [3.05, 3.63) is 59.7 Å². The van der Waals surface area contributed by atoms with Gasteiger partial charge in [-0.2, -0.15) is 0 Å². The highest BCUT2D eigenvalue weighted by atomic mass is 32.2. The van der Waals surface area contributed by atoms with Crippen LogP contribution in [0.1, 0.15) is 30.4 Å². The highest BCUT2D eigenvalue weighted by Gasteiger charge is 2.41. The molecule has 2 aromatic rings. The number of carbonyl (C=O) groups is 3. The molecule has 1 unspecified atom stereocenters. The van der Waals surface area contributed by atoms with Gasteiger partial charge in [-0.05, 0) is 41.8 Å². The summed E-state index contributed by atoms with van der Waals surface area (Å²) in [5, 5.41) is 6.96. The van der Waals surface area contributed by atoms with Gasteiger partial charge in [0.25, 0.3) is 5.91 Å². The molecule has 0 spiro atoms. The Morgan fingerprint density at radius 2 is 1.61 bits per heavy atom. The lowest BCUT2D eigenvalue weighted by atomic mass is 10.1. The topological polar surface area (TPSA) is 134 Å². The molecule has 2 aromatic carbocycles. The van der Waals surface area contributed by atoms with E-state index < -0.39 is 16.1 Å². The number of hydrogen-bond donors (Lipinski definition) is 2. The molecular weight excluding hydrogens is 444 g/mol. The number of amides is 3. The summed E-state index contributed by atoms with van der Waals surface area (Å²) in [6.45, 7) is 1.52. The van der Waals surface area contributed by atoms with Crippen molar-refractivity contribution in [2.45, 2.75) is 43.2 Å². The fraction of sp³-hybridized carbons (Fsp3) is 0.348. The van der Waals surface area contributed by atoms with Gasteiger partial charge in [0.05, 0.1) is 24.4 Å². The normalized spacial score (nSPS) is 19.1. The number of primary sulfonamides is 1. The second-order valence-corrected chi connectivity index (χ2v) is 9.97. The fourth-order valence-corrected chi connectivity index (χ4v) is 4.76. The Balaban J connectivity index is 1.30. The molecule has 4 rings (SSSR count). The number of hydrogen-bond acceptors (Lipinski definition) is 5. The van der Waals surface area contributed by atoms with E-state index in [9.17, 15) is 22.8 Å². The molecule has 10 heteroatoms. The first-order chi connectivity index (χ1) is 15.7. The molecule has 2 fully saturated rings. The van der Waals surface area contributed by atoms with Gasteiger partial charge < -0.3 is 10.2 Å². The average Bonchev–Trinajstić information content (AvgIpc) is 3.32. The molecule has 2 heterocycles. The highest BCUT2D eigenvalue weighted by molar-refractivity contribution is 7.89. The van der Waals surface area contributed by atoms with E-state index in [-0.39, 0.29) is 35.6 Å². The molecule has 0 saturated carbocycles. The number of benzene rings is 2. The van der Waals surface area contributed by atoms with Crippen molar-refractivity contribution in [3.8, 4) is 0 Å². The summed E-state index contributed by atoms with van der Waals surface area (Å²) in [4.78, 5) is 40.2. The van der Waals surface area contributed by atoms with E-state index in [4.69, 9.17) is 5.14 Å². The molecule has 33 heavy (non-hydrogen) atoms. The van der Waals surface area contributed by atoms with E-state index in [0.717, 1.165) is 29.8 Å². The van der Waals surface area contributed by atoms with Crippen molar-refractivity contribution in [2.24, 2.45) is 5.14 Å². The standard InChI is InChI=1S/C23H26N4O5S/c24-33(31,32)19-9-5-16(6-10-19)11-12-25-20-14-22(29)27(23(20)30)15-17-3-7-18(8-4-17)26-13-1-2-21(26)28/h3-10,20,25H,1-2,11-15H2,(H2,24,31,32)/p+1. The van der Waals surface area contributed by atoms with Crippen LogP contribution in [-0.4, -0.2) is 50.2 Å². The second-order valence-electron chi connectivity index (χ2n) is 8.41. The lowest BCUT2D eigenvalue weighted by Crippen LogP contribution is -2.91. The molecule has 9 nitrogen and oxygen atoms in total. The van der Waals surface area contributed by atoms with Crippen molar-refractivity contribution in [1.82, 2.24) is 4.90 Å². The smallest absolute Gasteiger partial charge is 0.288 e. The predicted molar refractivity (Wildman–Crippen MR) is 120 cm³/mol. The van der Waals surface area contributed by atoms with E-state index >= 15 is 0 Å². The number of imide groups is 1. The van der Waals surface area contributed by atoms with Crippen LogP contribution in [0, 0.1) is 0 Å². The van der Waals surface area contributed by atoms with Gasteiger partial charge in [-0.15, -0.1) is 0 Å². The van der Waals surface area contributed by atoms with Gasteiger partial charge in [-0.3, -0.25) is 19.3 Å². The maximum absolute atomic E-state index is 12.8. The predicted octanol–water partition coefficient (Wildman–Crippen LogP) is -0.106. The molecule has 2 aliphatic rings. The van der Waals surface area contributed by atoms with E-state index in [1.807, 2.05) is 29.6 Å². The van der Waals surface area contributed by atoms with Gasteiger partial charge in [0, 0.05) is 25.1 Å². The third-order valence-electron chi connectivity index (χ3n) is 6.08. The summed E-state index contributed by atoms with van der Waals surface area (Å²) >= 11 is 0. The van der Waals surface area contributed by atoms with E-state index in [2.05, 4.69) is 0 Å². The van der Waals surface area contributed by atoms with Crippen molar-refractivity contribution >= 4 is 33.4 Å². The third kappa shape index (κ3) is 5.29. The van der Waals surface area contributed by atoms with Crippen LogP contribution in [0.15, 0.2) is 53.4 Å². The van der Waals surface area contributed by atoms with Crippen LogP contribution >= 0.6 is 0 Å². The van der Waals surface area contributed by atoms with Gasteiger partial charge >= 0.3 is 0 Å². The Morgan fingerprint density at radius 1 is 0.939 bits per heavy atom. The zero-order chi connectivity index (χ0) is 23.6. The Bertz CT molecular complexity index is 1160. The van der Waals surface area contributed by atoms with E-state index in [0.29, 0.717) is 19.4 Å².